The van der Waals surface area contributed by atoms with Crippen molar-refractivity contribution in [2.45, 2.75) is 18.8 Å². The highest BCUT2D eigenvalue weighted by molar-refractivity contribution is 6.24. The molecule has 1 unspecified atom stereocenters. The minimum absolute atomic E-state index is 0.0437. The van der Waals surface area contributed by atoms with Gasteiger partial charge in [-0.05, 0) is 55.4 Å². The maximum Gasteiger partial charge on any atom is 0.256 e. The number of likely N-dealkylation sites (tertiary alicyclic amines) is 1. The molecule has 2 heterocycles. The summed E-state index contributed by atoms with van der Waals surface area (Å²) in [7, 11) is 2.18. The first kappa shape index (κ1) is 11.9. The Morgan fingerprint density at radius 2 is 2.20 bits per heavy atom. The van der Waals surface area contributed by atoms with Gasteiger partial charge in [0.15, 0.2) is 0 Å². The van der Waals surface area contributed by atoms with E-state index in [1.165, 1.54) is 30.3 Å². The molecule has 102 valence electrons. The summed E-state index contributed by atoms with van der Waals surface area (Å²) in [4.78, 5) is 14.5. The Balaban J connectivity index is 1.85. The van der Waals surface area contributed by atoms with Crippen molar-refractivity contribution in [1.82, 2.24) is 4.90 Å². The zero-order valence-corrected chi connectivity index (χ0v) is 11.6. The molecular weight excluding hydrogens is 248 g/mol. The molecule has 2 aliphatic rings. The number of benzene rings is 2. The van der Waals surface area contributed by atoms with Crippen LogP contribution in [0.1, 0.15) is 34.7 Å². The number of piperidine rings is 1. The molecule has 1 N–H and O–H groups in total. The Kier molecular flexibility index (Phi) is 2.57. The van der Waals surface area contributed by atoms with E-state index in [4.69, 9.17) is 0 Å². The van der Waals surface area contributed by atoms with Crippen molar-refractivity contribution < 1.29 is 4.79 Å². The molecular formula is C17H18N2O. The molecule has 20 heavy (non-hydrogen) atoms. The number of hydrogen-bond acceptors (Lipinski definition) is 2. The highest BCUT2D eigenvalue weighted by atomic mass is 16.1. The van der Waals surface area contributed by atoms with E-state index in [9.17, 15) is 4.79 Å². The molecule has 0 radical (unpaired) electrons. The Hall–Kier alpha value is -1.87. The van der Waals surface area contributed by atoms with Gasteiger partial charge in [-0.25, -0.2) is 0 Å². The van der Waals surface area contributed by atoms with Crippen molar-refractivity contribution in [2.75, 3.05) is 25.5 Å². The van der Waals surface area contributed by atoms with E-state index in [1.54, 1.807) is 0 Å². The molecule has 2 aromatic rings. The molecule has 0 saturated carbocycles. The number of nitrogens with zero attached hydrogens (tertiary/aromatic N) is 1. The van der Waals surface area contributed by atoms with E-state index >= 15 is 0 Å². The van der Waals surface area contributed by atoms with Crippen LogP contribution < -0.4 is 5.32 Å². The van der Waals surface area contributed by atoms with Gasteiger partial charge < -0.3 is 10.2 Å². The molecule has 3 nitrogen and oxygen atoms in total. The predicted molar refractivity (Wildman–Crippen MR) is 81.4 cm³/mol. The van der Waals surface area contributed by atoms with Gasteiger partial charge in [-0.15, -0.1) is 0 Å². The van der Waals surface area contributed by atoms with Crippen LogP contribution in [0.2, 0.25) is 0 Å². The molecule has 1 saturated heterocycles. The van der Waals surface area contributed by atoms with Gasteiger partial charge in [0.05, 0.1) is 0 Å². The second kappa shape index (κ2) is 4.32. The van der Waals surface area contributed by atoms with Crippen molar-refractivity contribution >= 4 is 22.4 Å². The number of amides is 1. The zero-order valence-electron chi connectivity index (χ0n) is 11.6. The Morgan fingerprint density at radius 3 is 3.05 bits per heavy atom. The second-order valence-electron chi connectivity index (χ2n) is 6.03. The quantitative estimate of drug-likeness (QED) is 0.859. The fourth-order valence-corrected chi connectivity index (χ4v) is 3.60. The molecule has 1 atom stereocenters. The average Bonchev–Trinajstić information content (AvgIpc) is 2.77. The third-order valence-electron chi connectivity index (χ3n) is 4.59. The standard InChI is InChI=1S/C17H18N2O/c1-19-7-3-5-12(10-19)13-8-11-4-2-6-15-16(11)14(9-13)17(20)18-15/h2,4,6,8-9,12H,3,5,7,10H2,1H3,(H,18,20). The van der Waals surface area contributed by atoms with Crippen LogP contribution in [-0.4, -0.2) is 30.9 Å². The topological polar surface area (TPSA) is 32.3 Å². The zero-order chi connectivity index (χ0) is 13.7. The van der Waals surface area contributed by atoms with E-state index < -0.39 is 0 Å². The lowest BCUT2D eigenvalue weighted by Gasteiger charge is -2.30. The van der Waals surface area contributed by atoms with Crippen molar-refractivity contribution in [3.05, 3.63) is 41.5 Å². The van der Waals surface area contributed by atoms with Crippen molar-refractivity contribution in [2.24, 2.45) is 0 Å². The van der Waals surface area contributed by atoms with Crippen LogP contribution in [0.5, 0.6) is 0 Å². The Morgan fingerprint density at radius 1 is 1.30 bits per heavy atom. The lowest BCUT2D eigenvalue weighted by atomic mass is 9.88. The van der Waals surface area contributed by atoms with Crippen molar-refractivity contribution in [3.8, 4) is 0 Å². The van der Waals surface area contributed by atoms with Gasteiger partial charge in [-0.2, -0.15) is 0 Å². The van der Waals surface area contributed by atoms with Crippen LogP contribution in [0.25, 0.3) is 10.8 Å². The number of likely N-dealkylation sites (N-methyl/N-ethyl adjacent to an activating group) is 1. The fraction of sp³-hybridized carbons (Fsp3) is 0.353. The van der Waals surface area contributed by atoms with Gasteiger partial charge in [0, 0.05) is 23.2 Å². The molecule has 3 heteroatoms. The second-order valence-corrected chi connectivity index (χ2v) is 6.03. The number of carbonyl (C=O) groups excluding carboxylic acids is 1. The van der Waals surface area contributed by atoms with Gasteiger partial charge in [-0.1, -0.05) is 18.2 Å². The maximum absolute atomic E-state index is 12.1. The summed E-state index contributed by atoms with van der Waals surface area (Å²) in [5, 5.41) is 5.23. The monoisotopic (exact) mass is 266 g/mol. The molecule has 4 rings (SSSR count). The third-order valence-corrected chi connectivity index (χ3v) is 4.59. The van der Waals surface area contributed by atoms with Crippen LogP contribution >= 0.6 is 0 Å². The number of rotatable bonds is 1. The van der Waals surface area contributed by atoms with Crippen LogP contribution in [0.15, 0.2) is 30.3 Å². The molecule has 1 amide bonds. The summed E-state index contributed by atoms with van der Waals surface area (Å²) >= 11 is 0. The summed E-state index contributed by atoms with van der Waals surface area (Å²) in [6, 6.07) is 10.5. The number of hydrogen-bond donors (Lipinski definition) is 1. The molecule has 2 aliphatic heterocycles. The van der Waals surface area contributed by atoms with E-state index in [2.05, 4.69) is 35.5 Å². The fourth-order valence-electron chi connectivity index (χ4n) is 3.60. The van der Waals surface area contributed by atoms with Gasteiger partial charge >= 0.3 is 0 Å². The van der Waals surface area contributed by atoms with Crippen molar-refractivity contribution in [3.63, 3.8) is 0 Å². The lowest BCUT2D eigenvalue weighted by Crippen LogP contribution is -2.30. The summed E-state index contributed by atoms with van der Waals surface area (Å²) < 4.78 is 0. The first-order valence-electron chi connectivity index (χ1n) is 7.29. The van der Waals surface area contributed by atoms with E-state index in [0.29, 0.717) is 5.92 Å². The van der Waals surface area contributed by atoms with E-state index in [0.717, 1.165) is 23.2 Å². The SMILES string of the molecule is CN1CCCC(c2cc3c4c(cccc4c2)NC3=O)C1. The molecule has 2 aromatic carbocycles. The predicted octanol–water partition coefficient (Wildman–Crippen LogP) is 3.21. The summed E-state index contributed by atoms with van der Waals surface area (Å²) in [5.41, 5.74) is 3.12. The first-order valence-corrected chi connectivity index (χ1v) is 7.29. The number of anilines is 1. The van der Waals surface area contributed by atoms with Gasteiger partial charge in [0.1, 0.15) is 0 Å². The number of carbonyl (C=O) groups is 1. The van der Waals surface area contributed by atoms with Crippen LogP contribution in [-0.2, 0) is 0 Å². The highest BCUT2D eigenvalue weighted by Crippen LogP contribution is 2.37. The first-order chi connectivity index (χ1) is 9.72. The summed E-state index contributed by atoms with van der Waals surface area (Å²) in [5.74, 6) is 0.591. The minimum Gasteiger partial charge on any atom is -0.321 e. The van der Waals surface area contributed by atoms with E-state index in [1.807, 2.05) is 12.1 Å². The van der Waals surface area contributed by atoms with Crippen LogP contribution in [0.4, 0.5) is 5.69 Å². The van der Waals surface area contributed by atoms with Gasteiger partial charge in [-0.3, -0.25) is 4.79 Å². The average molecular weight is 266 g/mol. The summed E-state index contributed by atoms with van der Waals surface area (Å²) in [6.45, 7) is 2.27. The number of nitrogens with one attached hydrogen (secondary N) is 1. The molecule has 0 aliphatic carbocycles. The molecule has 0 aromatic heterocycles. The van der Waals surface area contributed by atoms with Crippen LogP contribution in [0.3, 0.4) is 0 Å². The highest BCUT2D eigenvalue weighted by Gasteiger charge is 2.25. The molecule has 1 fully saturated rings. The van der Waals surface area contributed by atoms with Gasteiger partial charge in [0.2, 0.25) is 0 Å². The van der Waals surface area contributed by atoms with Crippen LogP contribution in [0, 0.1) is 0 Å². The molecule has 0 bridgehead atoms. The minimum atomic E-state index is 0.0437. The maximum atomic E-state index is 12.1. The lowest BCUT2D eigenvalue weighted by molar-refractivity contribution is 0.103. The Bertz CT molecular complexity index is 707. The van der Waals surface area contributed by atoms with E-state index in [-0.39, 0.29) is 5.91 Å². The molecule has 0 spiro atoms. The normalized spacial score (nSPS) is 22.2. The van der Waals surface area contributed by atoms with Gasteiger partial charge in [0.25, 0.3) is 5.91 Å². The van der Waals surface area contributed by atoms with Crippen molar-refractivity contribution in [1.29, 1.82) is 0 Å². The smallest absolute Gasteiger partial charge is 0.256 e. The Labute approximate surface area is 118 Å². The summed E-state index contributed by atoms with van der Waals surface area (Å²) in [6.07, 6.45) is 2.46. The largest absolute Gasteiger partial charge is 0.321 e. The third kappa shape index (κ3) is 1.74.